The molecule has 3 rings (SSSR count). The van der Waals surface area contributed by atoms with Crippen molar-refractivity contribution in [2.75, 3.05) is 13.2 Å². The van der Waals surface area contributed by atoms with Gasteiger partial charge in [0, 0.05) is 12.6 Å². The molecular formula is C19H26N2O3. The summed E-state index contributed by atoms with van der Waals surface area (Å²) in [7, 11) is 0. The average Bonchev–Trinajstić information content (AvgIpc) is 3.22. The van der Waals surface area contributed by atoms with Gasteiger partial charge in [-0.3, -0.25) is 9.59 Å². The van der Waals surface area contributed by atoms with Gasteiger partial charge in [0.25, 0.3) is 0 Å². The molecule has 1 saturated heterocycles. The Morgan fingerprint density at radius 2 is 2.04 bits per heavy atom. The first kappa shape index (κ1) is 16.8. The van der Waals surface area contributed by atoms with Gasteiger partial charge in [0.2, 0.25) is 11.8 Å². The molecule has 1 N–H and O–H groups in total. The Morgan fingerprint density at radius 3 is 2.79 bits per heavy atom. The summed E-state index contributed by atoms with van der Waals surface area (Å²) in [6.07, 6.45) is 4.10. The largest absolute Gasteiger partial charge is 0.493 e. The number of likely N-dealkylation sites (tertiary alicyclic amines) is 1. The van der Waals surface area contributed by atoms with Crippen LogP contribution in [0.4, 0.5) is 0 Å². The van der Waals surface area contributed by atoms with Crippen molar-refractivity contribution < 1.29 is 14.3 Å². The third-order valence-electron chi connectivity index (χ3n) is 4.72. The molecule has 0 radical (unpaired) electrons. The SMILES string of the molecule is Cc1ccc(C)c(OCCC(=O)N2CCCC2C(=O)NC2CC2)c1. The van der Waals surface area contributed by atoms with Crippen LogP contribution in [0.2, 0.25) is 0 Å². The van der Waals surface area contributed by atoms with Crippen molar-refractivity contribution in [1.82, 2.24) is 10.2 Å². The number of rotatable bonds is 6. The smallest absolute Gasteiger partial charge is 0.243 e. The lowest BCUT2D eigenvalue weighted by Gasteiger charge is -2.24. The molecule has 130 valence electrons. The summed E-state index contributed by atoms with van der Waals surface area (Å²) >= 11 is 0. The molecule has 2 aliphatic rings. The van der Waals surface area contributed by atoms with Crippen LogP contribution in [-0.2, 0) is 9.59 Å². The monoisotopic (exact) mass is 330 g/mol. The van der Waals surface area contributed by atoms with Crippen LogP contribution in [0.3, 0.4) is 0 Å². The average molecular weight is 330 g/mol. The number of ether oxygens (including phenoxy) is 1. The summed E-state index contributed by atoms with van der Waals surface area (Å²) < 4.78 is 5.77. The molecule has 0 spiro atoms. The van der Waals surface area contributed by atoms with Gasteiger partial charge in [-0.15, -0.1) is 0 Å². The first-order valence-electron chi connectivity index (χ1n) is 8.84. The molecule has 0 aromatic heterocycles. The molecule has 1 aromatic carbocycles. The number of aryl methyl sites for hydroxylation is 2. The summed E-state index contributed by atoms with van der Waals surface area (Å²) in [6, 6.07) is 6.09. The van der Waals surface area contributed by atoms with E-state index < -0.39 is 0 Å². The number of carbonyl (C=O) groups is 2. The van der Waals surface area contributed by atoms with Crippen LogP contribution in [0.5, 0.6) is 5.75 Å². The molecule has 24 heavy (non-hydrogen) atoms. The van der Waals surface area contributed by atoms with E-state index in [4.69, 9.17) is 4.74 Å². The summed E-state index contributed by atoms with van der Waals surface area (Å²) in [5, 5.41) is 3.01. The van der Waals surface area contributed by atoms with E-state index in [0.717, 1.165) is 42.6 Å². The number of benzene rings is 1. The van der Waals surface area contributed by atoms with E-state index in [2.05, 4.69) is 5.32 Å². The van der Waals surface area contributed by atoms with E-state index in [1.807, 2.05) is 32.0 Å². The molecule has 5 heteroatoms. The zero-order chi connectivity index (χ0) is 17.1. The standard InChI is InChI=1S/C19H26N2O3/c1-13-5-6-14(2)17(12-13)24-11-9-18(22)21-10-3-4-16(21)19(23)20-15-7-8-15/h5-6,12,15-16H,3-4,7-11H2,1-2H3,(H,20,23). The van der Waals surface area contributed by atoms with Gasteiger partial charge in [0.15, 0.2) is 0 Å². The molecule has 1 aliphatic carbocycles. The number of carbonyl (C=O) groups excluding carboxylic acids is 2. The minimum atomic E-state index is -0.293. The lowest BCUT2D eigenvalue weighted by molar-refractivity contribution is -0.138. The van der Waals surface area contributed by atoms with Gasteiger partial charge in [-0.2, -0.15) is 0 Å². The van der Waals surface area contributed by atoms with Crippen molar-refractivity contribution in [1.29, 1.82) is 0 Å². The van der Waals surface area contributed by atoms with Crippen LogP contribution < -0.4 is 10.1 Å². The normalized spacial score (nSPS) is 20.1. The van der Waals surface area contributed by atoms with Gasteiger partial charge in [0.1, 0.15) is 11.8 Å². The molecule has 1 saturated carbocycles. The highest BCUT2D eigenvalue weighted by atomic mass is 16.5. The lowest BCUT2D eigenvalue weighted by atomic mass is 10.1. The Kier molecular flexibility index (Phi) is 5.07. The Bertz CT molecular complexity index is 625. The predicted molar refractivity (Wildman–Crippen MR) is 91.9 cm³/mol. The van der Waals surface area contributed by atoms with Crippen molar-refractivity contribution in [3.63, 3.8) is 0 Å². The highest BCUT2D eigenvalue weighted by Gasteiger charge is 2.36. The van der Waals surface area contributed by atoms with Gasteiger partial charge in [-0.1, -0.05) is 12.1 Å². The quantitative estimate of drug-likeness (QED) is 0.871. The second-order valence-corrected chi connectivity index (χ2v) is 6.90. The Balaban J connectivity index is 1.50. The third kappa shape index (κ3) is 4.08. The number of hydrogen-bond donors (Lipinski definition) is 1. The number of nitrogens with one attached hydrogen (secondary N) is 1. The zero-order valence-corrected chi connectivity index (χ0v) is 14.5. The topological polar surface area (TPSA) is 58.6 Å². The van der Waals surface area contributed by atoms with Gasteiger partial charge < -0.3 is 15.0 Å². The van der Waals surface area contributed by atoms with E-state index in [1.165, 1.54) is 0 Å². The van der Waals surface area contributed by atoms with Crippen LogP contribution >= 0.6 is 0 Å². The molecule has 0 bridgehead atoms. The van der Waals surface area contributed by atoms with Crippen molar-refractivity contribution in [3.05, 3.63) is 29.3 Å². The number of hydrogen-bond acceptors (Lipinski definition) is 3. The molecule has 2 fully saturated rings. The van der Waals surface area contributed by atoms with Gasteiger partial charge >= 0.3 is 0 Å². The van der Waals surface area contributed by atoms with E-state index in [9.17, 15) is 9.59 Å². The summed E-state index contributed by atoms with van der Waals surface area (Å²) in [4.78, 5) is 26.4. The summed E-state index contributed by atoms with van der Waals surface area (Å²) in [5.41, 5.74) is 2.20. The summed E-state index contributed by atoms with van der Waals surface area (Å²) in [5.74, 6) is 0.847. The number of amides is 2. The second kappa shape index (κ2) is 7.24. The van der Waals surface area contributed by atoms with E-state index >= 15 is 0 Å². The van der Waals surface area contributed by atoms with Crippen LogP contribution in [0, 0.1) is 13.8 Å². The molecule has 1 heterocycles. The lowest BCUT2D eigenvalue weighted by Crippen LogP contribution is -2.46. The predicted octanol–water partition coefficient (Wildman–Crippen LogP) is 2.34. The van der Waals surface area contributed by atoms with Gasteiger partial charge in [-0.25, -0.2) is 0 Å². The Labute approximate surface area is 143 Å². The zero-order valence-electron chi connectivity index (χ0n) is 14.5. The molecule has 1 unspecified atom stereocenters. The van der Waals surface area contributed by atoms with Crippen LogP contribution in [0.1, 0.15) is 43.2 Å². The fourth-order valence-electron chi connectivity index (χ4n) is 3.12. The first-order chi connectivity index (χ1) is 11.5. The van der Waals surface area contributed by atoms with Crippen molar-refractivity contribution in [2.45, 2.75) is 58.0 Å². The number of nitrogens with zero attached hydrogens (tertiary/aromatic N) is 1. The summed E-state index contributed by atoms with van der Waals surface area (Å²) in [6.45, 7) is 5.03. The molecule has 1 aliphatic heterocycles. The van der Waals surface area contributed by atoms with E-state index in [0.29, 0.717) is 25.6 Å². The van der Waals surface area contributed by atoms with E-state index in [1.54, 1.807) is 4.90 Å². The molecule has 1 aromatic rings. The van der Waals surface area contributed by atoms with Crippen LogP contribution in [0.15, 0.2) is 18.2 Å². The van der Waals surface area contributed by atoms with E-state index in [-0.39, 0.29) is 17.9 Å². The highest BCUT2D eigenvalue weighted by molar-refractivity contribution is 5.88. The van der Waals surface area contributed by atoms with Crippen molar-refractivity contribution >= 4 is 11.8 Å². The molecule has 5 nitrogen and oxygen atoms in total. The highest BCUT2D eigenvalue weighted by Crippen LogP contribution is 2.23. The Morgan fingerprint density at radius 1 is 1.25 bits per heavy atom. The Hall–Kier alpha value is -2.04. The minimum Gasteiger partial charge on any atom is -0.493 e. The maximum Gasteiger partial charge on any atom is 0.243 e. The van der Waals surface area contributed by atoms with Crippen LogP contribution in [0.25, 0.3) is 0 Å². The maximum atomic E-state index is 12.5. The van der Waals surface area contributed by atoms with Gasteiger partial charge in [0.05, 0.1) is 13.0 Å². The molecule has 1 atom stereocenters. The first-order valence-corrected chi connectivity index (χ1v) is 8.84. The third-order valence-corrected chi connectivity index (χ3v) is 4.72. The van der Waals surface area contributed by atoms with Crippen LogP contribution in [-0.4, -0.2) is 41.9 Å². The molecular weight excluding hydrogens is 304 g/mol. The van der Waals surface area contributed by atoms with Crippen molar-refractivity contribution in [3.8, 4) is 5.75 Å². The molecule has 2 amide bonds. The fourth-order valence-corrected chi connectivity index (χ4v) is 3.12. The van der Waals surface area contributed by atoms with Gasteiger partial charge in [-0.05, 0) is 56.7 Å². The second-order valence-electron chi connectivity index (χ2n) is 6.90. The minimum absolute atomic E-state index is 0.00810. The van der Waals surface area contributed by atoms with Crippen molar-refractivity contribution in [2.24, 2.45) is 0 Å². The fraction of sp³-hybridized carbons (Fsp3) is 0.579. The maximum absolute atomic E-state index is 12.5.